The third kappa shape index (κ3) is 5.87. The number of aryl methyl sites for hydroxylation is 2. The first-order chi connectivity index (χ1) is 14.3. The molecular weight excluding hydrogens is 416 g/mol. The van der Waals surface area contributed by atoms with Crippen molar-refractivity contribution in [2.24, 2.45) is 0 Å². The van der Waals surface area contributed by atoms with Crippen LogP contribution in [0.4, 0.5) is 5.69 Å². The number of nitrogens with one attached hydrogen (secondary N) is 2. The standard InChI is InChI=1S/C23H24N2O3S2/c1-17-8-9-18(2)22(16-17)30(27,28)25-20-12-10-19(11-13-20)23(26)24-14-15-29-21-6-4-3-5-7-21/h3-13,16,25H,14-15H2,1-2H3,(H,24,26). The van der Waals surface area contributed by atoms with Gasteiger partial charge in [0.2, 0.25) is 0 Å². The summed E-state index contributed by atoms with van der Waals surface area (Å²) in [7, 11) is -3.70. The first-order valence-electron chi connectivity index (χ1n) is 9.51. The zero-order valence-electron chi connectivity index (χ0n) is 16.9. The predicted molar refractivity (Wildman–Crippen MR) is 123 cm³/mol. The van der Waals surface area contributed by atoms with Gasteiger partial charge >= 0.3 is 0 Å². The molecule has 0 aliphatic carbocycles. The van der Waals surface area contributed by atoms with E-state index in [0.717, 1.165) is 16.2 Å². The average Bonchev–Trinajstić information content (AvgIpc) is 2.74. The van der Waals surface area contributed by atoms with E-state index in [1.165, 1.54) is 0 Å². The molecule has 0 spiro atoms. The van der Waals surface area contributed by atoms with Crippen LogP contribution < -0.4 is 10.0 Å². The number of thioether (sulfide) groups is 1. The third-order valence-corrected chi connectivity index (χ3v) is 6.97. The largest absolute Gasteiger partial charge is 0.351 e. The normalized spacial score (nSPS) is 11.1. The fourth-order valence-electron chi connectivity index (χ4n) is 2.85. The Morgan fingerprint density at radius 1 is 0.933 bits per heavy atom. The topological polar surface area (TPSA) is 75.3 Å². The fraction of sp³-hybridized carbons (Fsp3) is 0.174. The van der Waals surface area contributed by atoms with Crippen molar-refractivity contribution in [2.45, 2.75) is 23.6 Å². The van der Waals surface area contributed by atoms with E-state index in [9.17, 15) is 13.2 Å². The number of benzene rings is 3. The number of amides is 1. The van der Waals surface area contributed by atoms with Crippen LogP contribution in [0.25, 0.3) is 0 Å². The molecule has 30 heavy (non-hydrogen) atoms. The highest BCUT2D eigenvalue weighted by Crippen LogP contribution is 2.21. The molecule has 0 unspecified atom stereocenters. The molecule has 0 atom stereocenters. The van der Waals surface area contributed by atoms with Gasteiger partial charge in [0.1, 0.15) is 0 Å². The average molecular weight is 441 g/mol. The van der Waals surface area contributed by atoms with E-state index in [1.807, 2.05) is 43.3 Å². The maximum atomic E-state index is 12.7. The number of rotatable bonds is 8. The molecule has 3 rings (SSSR count). The van der Waals surface area contributed by atoms with Crippen molar-refractivity contribution < 1.29 is 13.2 Å². The molecule has 7 heteroatoms. The zero-order valence-corrected chi connectivity index (χ0v) is 18.5. The Bertz CT molecular complexity index is 1110. The smallest absolute Gasteiger partial charge is 0.262 e. The van der Waals surface area contributed by atoms with E-state index in [-0.39, 0.29) is 10.8 Å². The van der Waals surface area contributed by atoms with Crippen molar-refractivity contribution in [3.63, 3.8) is 0 Å². The van der Waals surface area contributed by atoms with Crippen molar-refractivity contribution in [3.05, 3.63) is 89.5 Å². The third-order valence-electron chi connectivity index (χ3n) is 4.43. The number of anilines is 1. The zero-order chi connectivity index (χ0) is 21.6. The molecular formula is C23H24N2O3S2. The van der Waals surface area contributed by atoms with Gasteiger partial charge in [0.05, 0.1) is 4.90 Å². The summed E-state index contributed by atoms with van der Waals surface area (Å²) >= 11 is 1.67. The van der Waals surface area contributed by atoms with E-state index in [1.54, 1.807) is 55.1 Å². The molecule has 0 aliphatic heterocycles. The van der Waals surface area contributed by atoms with Crippen molar-refractivity contribution >= 4 is 33.4 Å². The van der Waals surface area contributed by atoms with Crippen LogP contribution in [0.5, 0.6) is 0 Å². The van der Waals surface area contributed by atoms with Crippen molar-refractivity contribution in [1.29, 1.82) is 0 Å². The Hall–Kier alpha value is -2.77. The Balaban J connectivity index is 1.56. The van der Waals surface area contributed by atoms with Crippen LogP contribution in [0.3, 0.4) is 0 Å². The molecule has 0 heterocycles. The highest BCUT2D eigenvalue weighted by Gasteiger charge is 2.17. The van der Waals surface area contributed by atoms with Crippen LogP contribution in [0.15, 0.2) is 82.6 Å². The van der Waals surface area contributed by atoms with E-state index < -0.39 is 10.0 Å². The summed E-state index contributed by atoms with van der Waals surface area (Å²) < 4.78 is 28.0. The van der Waals surface area contributed by atoms with Crippen LogP contribution in [-0.4, -0.2) is 26.6 Å². The Labute approximate surface area is 182 Å². The van der Waals surface area contributed by atoms with E-state index in [2.05, 4.69) is 10.0 Å². The van der Waals surface area contributed by atoms with Gasteiger partial charge in [0, 0.05) is 28.4 Å². The van der Waals surface area contributed by atoms with Gasteiger partial charge in [0.25, 0.3) is 15.9 Å². The highest BCUT2D eigenvalue weighted by atomic mass is 32.2. The molecule has 3 aromatic rings. The first kappa shape index (κ1) is 21.9. The van der Waals surface area contributed by atoms with Crippen molar-refractivity contribution in [3.8, 4) is 0 Å². The van der Waals surface area contributed by atoms with Gasteiger partial charge in [0.15, 0.2) is 0 Å². The molecule has 156 valence electrons. The highest BCUT2D eigenvalue weighted by molar-refractivity contribution is 7.99. The lowest BCUT2D eigenvalue weighted by Gasteiger charge is -2.12. The fourth-order valence-corrected chi connectivity index (χ4v) is 5.03. The molecule has 0 aliphatic rings. The summed E-state index contributed by atoms with van der Waals surface area (Å²) in [4.78, 5) is 13.7. The second-order valence-corrected chi connectivity index (χ2v) is 9.69. The molecule has 0 aromatic heterocycles. The minimum absolute atomic E-state index is 0.187. The lowest BCUT2D eigenvalue weighted by atomic mass is 10.2. The lowest BCUT2D eigenvalue weighted by molar-refractivity contribution is 0.0956. The number of hydrogen-bond donors (Lipinski definition) is 2. The van der Waals surface area contributed by atoms with Crippen LogP contribution in [-0.2, 0) is 10.0 Å². The monoisotopic (exact) mass is 440 g/mol. The number of carbonyl (C=O) groups is 1. The number of carbonyl (C=O) groups excluding carboxylic acids is 1. The van der Waals surface area contributed by atoms with E-state index >= 15 is 0 Å². The molecule has 0 saturated carbocycles. The quantitative estimate of drug-likeness (QED) is 0.396. The van der Waals surface area contributed by atoms with Crippen LogP contribution in [0.1, 0.15) is 21.5 Å². The number of sulfonamides is 1. The minimum Gasteiger partial charge on any atom is -0.351 e. The van der Waals surface area contributed by atoms with Gasteiger partial charge in [-0.15, -0.1) is 11.8 Å². The molecule has 1 amide bonds. The van der Waals surface area contributed by atoms with E-state index in [4.69, 9.17) is 0 Å². The first-order valence-corrected chi connectivity index (χ1v) is 12.0. The second-order valence-electron chi connectivity index (χ2n) is 6.87. The van der Waals surface area contributed by atoms with Crippen molar-refractivity contribution in [1.82, 2.24) is 5.32 Å². The SMILES string of the molecule is Cc1ccc(C)c(S(=O)(=O)Nc2ccc(C(=O)NCCSc3ccccc3)cc2)c1. The summed E-state index contributed by atoms with van der Waals surface area (Å²) in [6.07, 6.45) is 0. The molecule has 0 fully saturated rings. The summed E-state index contributed by atoms with van der Waals surface area (Å²) in [6.45, 7) is 4.15. The predicted octanol–water partition coefficient (Wildman–Crippen LogP) is 4.63. The van der Waals surface area contributed by atoms with E-state index in [0.29, 0.717) is 23.4 Å². The van der Waals surface area contributed by atoms with Crippen LogP contribution in [0, 0.1) is 13.8 Å². The Morgan fingerprint density at radius 2 is 1.63 bits per heavy atom. The van der Waals surface area contributed by atoms with Crippen LogP contribution in [0.2, 0.25) is 0 Å². The molecule has 2 N–H and O–H groups in total. The summed E-state index contributed by atoms with van der Waals surface area (Å²) in [6, 6.07) is 21.7. The Kier molecular flexibility index (Phi) is 7.18. The number of hydrogen-bond acceptors (Lipinski definition) is 4. The summed E-state index contributed by atoms with van der Waals surface area (Å²) in [5.74, 6) is 0.580. The molecule has 0 bridgehead atoms. The molecule has 3 aromatic carbocycles. The van der Waals surface area contributed by atoms with Gasteiger partial charge in [-0.3, -0.25) is 9.52 Å². The molecule has 5 nitrogen and oxygen atoms in total. The summed E-state index contributed by atoms with van der Waals surface area (Å²) in [5, 5.41) is 2.88. The second kappa shape index (κ2) is 9.82. The lowest BCUT2D eigenvalue weighted by Crippen LogP contribution is -2.25. The van der Waals surface area contributed by atoms with Crippen molar-refractivity contribution in [2.75, 3.05) is 17.0 Å². The molecule has 0 radical (unpaired) electrons. The van der Waals surface area contributed by atoms with Gasteiger partial charge in [-0.05, 0) is 67.4 Å². The van der Waals surface area contributed by atoms with Gasteiger partial charge in [-0.25, -0.2) is 8.42 Å². The maximum absolute atomic E-state index is 12.7. The Morgan fingerprint density at radius 3 is 2.33 bits per heavy atom. The van der Waals surface area contributed by atoms with Gasteiger partial charge in [-0.1, -0.05) is 30.3 Å². The maximum Gasteiger partial charge on any atom is 0.262 e. The van der Waals surface area contributed by atoms with Gasteiger partial charge in [-0.2, -0.15) is 0 Å². The molecule has 0 saturated heterocycles. The van der Waals surface area contributed by atoms with Crippen LogP contribution >= 0.6 is 11.8 Å². The summed E-state index contributed by atoms with van der Waals surface area (Å²) in [5.41, 5.74) is 2.44. The minimum atomic E-state index is -3.70. The van der Waals surface area contributed by atoms with Gasteiger partial charge < -0.3 is 5.32 Å².